The normalized spacial score (nSPS) is 26.5. The monoisotopic (exact) mass is 429 g/mol. The summed E-state index contributed by atoms with van der Waals surface area (Å²) in [5.74, 6) is 1.82. The molecular formula is C23H29F2N5O. The Morgan fingerprint density at radius 1 is 1.16 bits per heavy atom. The molecule has 0 amide bonds. The number of hydrogen-bond acceptors (Lipinski definition) is 6. The number of hydrogen-bond donors (Lipinski definition) is 1. The van der Waals surface area contributed by atoms with Crippen LogP contribution in [0, 0.1) is 0 Å². The average Bonchev–Trinajstić information content (AvgIpc) is 3.18. The molecule has 1 aromatic carbocycles. The zero-order chi connectivity index (χ0) is 21.4. The highest BCUT2D eigenvalue weighted by molar-refractivity contribution is 5.90. The zero-order valence-corrected chi connectivity index (χ0v) is 17.6. The van der Waals surface area contributed by atoms with Crippen molar-refractivity contribution in [3.63, 3.8) is 0 Å². The number of ether oxygens (including phenoxy) is 1. The lowest BCUT2D eigenvalue weighted by Gasteiger charge is -2.27. The lowest BCUT2D eigenvalue weighted by molar-refractivity contribution is -0.0432. The number of fused-ring (bicyclic) bond motifs is 1. The molecule has 3 aliphatic rings. The van der Waals surface area contributed by atoms with Gasteiger partial charge in [-0.2, -0.15) is 0 Å². The number of alkyl halides is 2. The van der Waals surface area contributed by atoms with Gasteiger partial charge in [-0.05, 0) is 50.7 Å². The molecule has 31 heavy (non-hydrogen) atoms. The summed E-state index contributed by atoms with van der Waals surface area (Å²) in [6.45, 7) is 3.11. The number of aromatic nitrogens is 2. The van der Waals surface area contributed by atoms with Gasteiger partial charge in [0.25, 0.3) is 6.43 Å². The van der Waals surface area contributed by atoms with Gasteiger partial charge in [0.15, 0.2) is 0 Å². The van der Waals surface area contributed by atoms with Gasteiger partial charge in [-0.3, -0.25) is 4.99 Å². The van der Waals surface area contributed by atoms with Gasteiger partial charge in [0, 0.05) is 48.3 Å². The highest BCUT2D eigenvalue weighted by Crippen LogP contribution is 2.35. The van der Waals surface area contributed by atoms with E-state index in [1.807, 2.05) is 0 Å². The number of aliphatic imine (C=N–C) groups is 1. The fourth-order valence-corrected chi connectivity index (χ4v) is 4.71. The van der Waals surface area contributed by atoms with Gasteiger partial charge in [-0.25, -0.2) is 18.7 Å². The second-order valence-corrected chi connectivity index (χ2v) is 8.94. The van der Waals surface area contributed by atoms with E-state index in [4.69, 9.17) is 25.4 Å². The Morgan fingerprint density at radius 3 is 2.61 bits per heavy atom. The molecule has 2 saturated heterocycles. The predicted octanol–water partition coefficient (Wildman–Crippen LogP) is 3.99. The number of anilines is 1. The minimum absolute atomic E-state index is 0.00237. The molecule has 5 rings (SSSR count). The second-order valence-electron chi connectivity index (χ2n) is 8.94. The van der Waals surface area contributed by atoms with Crippen molar-refractivity contribution in [1.82, 2.24) is 9.97 Å². The van der Waals surface area contributed by atoms with Crippen molar-refractivity contribution in [2.75, 3.05) is 31.1 Å². The molecule has 3 heterocycles. The van der Waals surface area contributed by atoms with Crippen LogP contribution < -0.4 is 10.6 Å². The summed E-state index contributed by atoms with van der Waals surface area (Å²) >= 11 is 0. The summed E-state index contributed by atoms with van der Waals surface area (Å²) in [5, 5.41) is 0.689. The maximum atomic E-state index is 13.3. The van der Waals surface area contributed by atoms with Crippen molar-refractivity contribution in [1.29, 1.82) is 0 Å². The largest absolute Gasteiger partial charge is 0.376 e. The lowest BCUT2D eigenvalue weighted by atomic mass is 9.87. The van der Waals surface area contributed by atoms with E-state index in [-0.39, 0.29) is 17.5 Å². The molecule has 0 bridgehead atoms. The summed E-state index contributed by atoms with van der Waals surface area (Å²) in [4.78, 5) is 16.6. The minimum atomic E-state index is -2.51. The maximum absolute atomic E-state index is 13.3. The maximum Gasteiger partial charge on any atom is 0.263 e. The number of halogens is 2. The van der Waals surface area contributed by atoms with Crippen molar-refractivity contribution in [3.05, 3.63) is 29.6 Å². The van der Waals surface area contributed by atoms with Gasteiger partial charge in [0.05, 0.1) is 18.2 Å². The standard InChI is InChI=1S/C23H29F2N5O/c24-21(25)15-3-6-20-19(11-15)23(30-9-7-16(26)13-30)29-22(28-20)14-1-4-17(5-2-14)27-12-18-8-10-31-18/h3,6,11,14,16,18,21H,1-2,4-5,7-10,12-13,26H2/t14?,16-,18?/m0/s1. The Bertz CT molecular complexity index is 968. The van der Waals surface area contributed by atoms with Gasteiger partial charge in [-0.1, -0.05) is 6.07 Å². The van der Waals surface area contributed by atoms with Crippen LogP contribution in [0.3, 0.4) is 0 Å². The van der Waals surface area contributed by atoms with Crippen LogP contribution in [0.15, 0.2) is 23.2 Å². The fourth-order valence-electron chi connectivity index (χ4n) is 4.71. The van der Waals surface area contributed by atoms with Gasteiger partial charge >= 0.3 is 0 Å². The third kappa shape index (κ3) is 4.41. The molecule has 166 valence electrons. The summed E-state index contributed by atoms with van der Waals surface area (Å²) in [7, 11) is 0. The van der Waals surface area contributed by atoms with Crippen LogP contribution in [0.25, 0.3) is 10.9 Å². The van der Waals surface area contributed by atoms with Gasteiger partial charge in [0.1, 0.15) is 11.6 Å². The Kier molecular flexibility index (Phi) is 5.84. The van der Waals surface area contributed by atoms with E-state index in [0.717, 1.165) is 75.4 Å². The van der Waals surface area contributed by atoms with Crippen LogP contribution >= 0.6 is 0 Å². The van der Waals surface area contributed by atoms with Crippen LogP contribution in [-0.2, 0) is 4.74 Å². The van der Waals surface area contributed by atoms with E-state index >= 15 is 0 Å². The van der Waals surface area contributed by atoms with Crippen LogP contribution in [0.5, 0.6) is 0 Å². The highest BCUT2D eigenvalue weighted by Gasteiger charge is 2.27. The zero-order valence-electron chi connectivity index (χ0n) is 17.6. The molecule has 2 aliphatic heterocycles. The quantitative estimate of drug-likeness (QED) is 0.778. The third-order valence-electron chi connectivity index (χ3n) is 6.73. The van der Waals surface area contributed by atoms with E-state index in [1.165, 1.54) is 17.8 Å². The molecule has 0 spiro atoms. The molecular weight excluding hydrogens is 400 g/mol. The van der Waals surface area contributed by atoms with Crippen LogP contribution in [0.2, 0.25) is 0 Å². The summed E-state index contributed by atoms with van der Waals surface area (Å²) in [6.07, 6.45) is 3.61. The molecule has 1 saturated carbocycles. The average molecular weight is 430 g/mol. The molecule has 0 radical (unpaired) electrons. The topological polar surface area (TPSA) is 76.6 Å². The van der Waals surface area contributed by atoms with E-state index in [1.54, 1.807) is 6.07 Å². The van der Waals surface area contributed by atoms with Crippen LogP contribution in [0.1, 0.15) is 62.3 Å². The van der Waals surface area contributed by atoms with E-state index in [2.05, 4.69) is 4.90 Å². The number of nitrogens with two attached hydrogens (primary N) is 1. The first-order valence-electron chi connectivity index (χ1n) is 11.3. The molecule has 8 heteroatoms. The van der Waals surface area contributed by atoms with Crippen molar-refractivity contribution >= 4 is 22.4 Å². The van der Waals surface area contributed by atoms with Crippen LogP contribution in [-0.4, -0.2) is 54.1 Å². The predicted molar refractivity (Wildman–Crippen MR) is 117 cm³/mol. The summed E-state index contributed by atoms with van der Waals surface area (Å²) in [5.41, 5.74) is 8.11. The van der Waals surface area contributed by atoms with Crippen molar-refractivity contribution in [2.24, 2.45) is 10.7 Å². The molecule has 2 atom stereocenters. The lowest BCUT2D eigenvalue weighted by Crippen LogP contribution is -2.30. The number of nitrogens with zero attached hydrogens (tertiary/aromatic N) is 4. The van der Waals surface area contributed by atoms with E-state index in [9.17, 15) is 8.78 Å². The Labute approximate surface area is 180 Å². The van der Waals surface area contributed by atoms with Gasteiger partial charge in [0.2, 0.25) is 0 Å². The summed E-state index contributed by atoms with van der Waals surface area (Å²) < 4.78 is 32.1. The minimum Gasteiger partial charge on any atom is -0.376 e. The first-order valence-corrected chi connectivity index (χ1v) is 11.3. The Balaban J connectivity index is 1.40. The van der Waals surface area contributed by atoms with Crippen LogP contribution in [0.4, 0.5) is 14.6 Å². The second kappa shape index (κ2) is 8.74. The molecule has 2 N–H and O–H groups in total. The first kappa shape index (κ1) is 20.7. The molecule has 1 aromatic heterocycles. The van der Waals surface area contributed by atoms with E-state index in [0.29, 0.717) is 18.0 Å². The molecule has 1 aliphatic carbocycles. The SMILES string of the molecule is N[C@H]1CCN(c2nc(C3CCC(=NCC4CCO4)CC3)nc3ccc(C(F)F)cc23)C1. The van der Waals surface area contributed by atoms with Crippen molar-refractivity contribution in [3.8, 4) is 0 Å². The molecule has 2 aromatic rings. The van der Waals surface area contributed by atoms with Crippen molar-refractivity contribution < 1.29 is 13.5 Å². The third-order valence-corrected chi connectivity index (χ3v) is 6.73. The highest BCUT2D eigenvalue weighted by atomic mass is 19.3. The fraction of sp³-hybridized carbons (Fsp3) is 0.609. The number of benzene rings is 1. The first-order chi connectivity index (χ1) is 15.1. The molecule has 1 unspecified atom stereocenters. The molecule has 6 nitrogen and oxygen atoms in total. The van der Waals surface area contributed by atoms with Crippen molar-refractivity contribution in [2.45, 2.75) is 63.0 Å². The van der Waals surface area contributed by atoms with E-state index < -0.39 is 6.43 Å². The van der Waals surface area contributed by atoms with Gasteiger partial charge in [-0.15, -0.1) is 0 Å². The Hall–Kier alpha value is -2.19. The Morgan fingerprint density at radius 2 is 1.97 bits per heavy atom. The van der Waals surface area contributed by atoms with Gasteiger partial charge < -0.3 is 15.4 Å². The molecule has 3 fully saturated rings. The smallest absolute Gasteiger partial charge is 0.263 e. The summed E-state index contributed by atoms with van der Waals surface area (Å²) in [6, 6.07) is 4.80. The number of rotatable bonds is 5.